The van der Waals surface area contributed by atoms with E-state index in [4.69, 9.17) is 28.4 Å². The minimum absolute atomic E-state index is 0.438. The normalized spacial score (nSPS) is 12.9. The van der Waals surface area contributed by atoms with E-state index in [-0.39, 0.29) is 0 Å². The number of sulfone groups is 1. The van der Waals surface area contributed by atoms with Gasteiger partial charge in [0.2, 0.25) is 0 Å². The fourth-order valence-corrected chi connectivity index (χ4v) is 7.42. The van der Waals surface area contributed by atoms with Crippen LogP contribution in [0.15, 0.2) is 97.1 Å². The molecule has 2 atom stereocenters. The summed E-state index contributed by atoms with van der Waals surface area (Å²) in [5.74, 6) is 3.62. The summed E-state index contributed by atoms with van der Waals surface area (Å²) in [5, 5.41) is -2.15. The van der Waals surface area contributed by atoms with Gasteiger partial charge in [0, 0.05) is 0 Å². The van der Waals surface area contributed by atoms with Crippen molar-refractivity contribution in [1.82, 2.24) is 0 Å². The lowest BCUT2D eigenvalue weighted by molar-refractivity contribution is 0.321. The molecule has 4 aromatic rings. The Morgan fingerprint density at radius 2 is 0.816 bits per heavy atom. The average molecular weight is 687 g/mol. The third-order valence-corrected chi connectivity index (χ3v) is 10.00. The van der Waals surface area contributed by atoms with Crippen LogP contribution in [0.25, 0.3) is 12.2 Å². The zero-order valence-corrected chi connectivity index (χ0v) is 29.9. The van der Waals surface area contributed by atoms with Crippen molar-refractivity contribution in [3.8, 4) is 34.5 Å². The highest BCUT2D eigenvalue weighted by atomic mass is 32.2. The molecule has 0 bridgehead atoms. The van der Waals surface area contributed by atoms with Crippen molar-refractivity contribution in [2.45, 2.75) is 38.2 Å². The minimum atomic E-state index is -4.07. The van der Waals surface area contributed by atoms with Crippen LogP contribution < -0.4 is 28.4 Å². The molecule has 4 rings (SSSR count). The van der Waals surface area contributed by atoms with Gasteiger partial charge in [0.05, 0.1) is 51.8 Å². The number of ether oxygens (including phenoxy) is 6. The Hall–Kier alpha value is -4.89. The number of methoxy groups -OCH3 is 2. The van der Waals surface area contributed by atoms with Crippen LogP contribution in [0.5, 0.6) is 34.5 Å². The standard InChI is InChI=1S/C40H46O8S/c1-7-45-35-13-11-14-36(46-8-2)33(35)25-27-39(29-17-21-31(43-5)22-18-29)49(41,42)40(30-19-23-32(44-6)24-20-30)28-26-34-37(47-9-3)15-12-16-38(34)48-10-4/h11-28,39-40H,7-10H2,1-6H3. The van der Waals surface area contributed by atoms with Gasteiger partial charge >= 0.3 is 0 Å². The molecule has 2 unspecified atom stereocenters. The molecule has 0 amide bonds. The molecule has 4 aromatic carbocycles. The summed E-state index contributed by atoms with van der Waals surface area (Å²) in [7, 11) is -0.921. The van der Waals surface area contributed by atoms with Gasteiger partial charge in [-0.15, -0.1) is 0 Å². The van der Waals surface area contributed by atoms with Crippen LogP contribution in [-0.2, 0) is 9.84 Å². The Morgan fingerprint density at radius 3 is 1.08 bits per heavy atom. The van der Waals surface area contributed by atoms with Gasteiger partial charge < -0.3 is 28.4 Å². The predicted molar refractivity (Wildman–Crippen MR) is 196 cm³/mol. The highest BCUT2D eigenvalue weighted by Gasteiger charge is 2.34. The number of hydrogen-bond acceptors (Lipinski definition) is 8. The van der Waals surface area contributed by atoms with Crippen molar-refractivity contribution in [3.63, 3.8) is 0 Å². The van der Waals surface area contributed by atoms with Gasteiger partial charge in [0.15, 0.2) is 9.84 Å². The Kier molecular flexibility index (Phi) is 13.6. The van der Waals surface area contributed by atoms with Gasteiger partial charge in [-0.3, -0.25) is 0 Å². The van der Waals surface area contributed by atoms with Crippen molar-refractivity contribution in [2.75, 3.05) is 40.6 Å². The lowest BCUT2D eigenvalue weighted by Crippen LogP contribution is -2.19. The Morgan fingerprint density at radius 1 is 0.510 bits per heavy atom. The van der Waals surface area contributed by atoms with Crippen LogP contribution in [0.2, 0.25) is 0 Å². The van der Waals surface area contributed by atoms with E-state index in [0.29, 0.717) is 83.2 Å². The van der Waals surface area contributed by atoms with Crippen molar-refractivity contribution < 1.29 is 36.8 Å². The molecule has 0 aromatic heterocycles. The average Bonchev–Trinajstić information content (AvgIpc) is 3.11. The van der Waals surface area contributed by atoms with Crippen LogP contribution in [0.4, 0.5) is 0 Å². The second kappa shape index (κ2) is 18.0. The molecular weight excluding hydrogens is 640 g/mol. The highest BCUT2D eigenvalue weighted by molar-refractivity contribution is 7.92. The van der Waals surface area contributed by atoms with E-state index in [1.54, 1.807) is 87.1 Å². The molecule has 0 aliphatic heterocycles. The first-order valence-corrected chi connectivity index (χ1v) is 18.1. The fourth-order valence-electron chi connectivity index (χ4n) is 5.43. The quantitative estimate of drug-likeness (QED) is 0.103. The van der Waals surface area contributed by atoms with Gasteiger partial charge in [-0.1, -0.05) is 48.6 Å². The van der Waals surface area contributed by atoms with Crippen LogP contribution in [0, 0.1) is 0 Å². The summed E-state index contributed by atoms with van der Waals surface area (Å²) < 4.78 is 64.7. The van der Waals surface area contributed by atoms with Crippen molar-refractivity contribution in [1.29, 1.82) is 0 Å². The first-order valence-electron chi connectivity index (χ1n) is 16.4. The molecule has 0 heterocycles. The van der Waals surface area contributed by atoms with E-state index in [0.717, 1.165) is 0 Å². The molecular formula is C40H46O8S. The summed E-state index contributed by atoms with van der Waals surface area (Å²) >= 11 is 0. The number of rotatable bonds is 18. The number of hydrogen-bond donors (Lipinski definition) is 0. The van der Waals surface area contributed by atoms with Crippen LogP contribution in [0.3, 0.4) is 0 Å². The monoisotopic (exact) mass is 686 g/mol. The molecule has 49 heavy (non-hydrogen) atoms. The van der Waals surface area contributed by atoms with Gasteiger partial charge in [0.25, 0.3) is 0 Å². The predicted octanol–water partition coefficient (Wildman–Crippen LogP) is 8.92. The smallest absolute Gasteiger partial charge is 0.171 e. The fraction of sp³-hybridized carbons (Fsp3) is 0.300. The molecule has 8 nitrogen and oxygen atoms in total. The van der Waals surface area contributed by atoms with E-state index in [9.17, 15) is 0 Å². The molecule has 9 heteroatoms. The summed E-state index contributed by atoms with van der Waals surface area (Å²) in [5.41, 5.74) is 2.45. The van der Waals surface area contributed by atoms with Crippen LogP contribution >= 0.6 is 0 Å². The molecule has 260 valence electrons. The van der Waals surface area contributed by atoms with E-state index in [1.165, 1.54) is 0 Å². The first-order chi connectivity index (χ1) is 23.8. The maximum atomic E-state index is 15.1. The van der Waals surface area contributed by atoms with Gasteiger partial charge in [-0.25, -0.2) is 8.42 Å². The van der Waals surface area contributed by atoms with Crippen molar-refractivity contribution >= 4 is 22.0 Å². The number of benzene rings is 4. The third-order valence-electron chi connectivity index (χ3n) is 7.72. The Labute approximate surface area is 290 Å². The largest absolute Gasteiger partial charge is 0.497 e. The molecule has 0 spiro atoms. The van der Waals surface area contributed by atoms with E-state index in [1.807, 2.05) is 64.1 Å². The molecule has 0 aliphatic rings. The molecule has 0 saturated heterocycles. The van der Waals surface area contributed by atoms with Crippen LogP contribution in [0.1, 0.15) is 60.4 Å². The Bertz CT molecular complexity index is 1620. The van der Waals surface area contributed by atoms with E-state index >= 15 is 8.42 Å². The van der Waals surface area contributed by atoms with Crippen molar-refractivity contribution in [2.24, 2.45) is 0 Å². The second-order valence-corrected chi connectivity index (χ2v) is 13.0. The summed E-state index contributed by atoms with van der Waals surface area (Å²) in [6, 6.07) is 25.2. The molecule has 0 fully saturated rings. The maximum absolute atomic E-state index is 15.1. The molecule has 0 saturated carbocycles. The zero-order chi connectivity index (χ0) is 35.2. The second-order valence-electron chi connectivity index (χ2n) is 10.8. The minimum Gasteiger partial charge on any atom is -0.497 e. The van der Waals surface area contributed by atoms with E-state index < -0.39 is 20.3 Å². The topological polar surface area (TPSA) is 89.5 Å². The Balaban J connectivity index is 1.94. The summed E-state index contributed by atoms with van der Waals surface area (Å²) in [6.45, 7) is 9.36. The highest BCUT2D eigenvalue weighted by Crippen LogP contribution is 2.41. The maximum Gasteiger partial charge on any atom is 0.171 e. The summed E-state index contributed by atoms with van der Waals surface area (Å²) in [4.78, 5) is 0. The lowest BCUT2D eigenvalue weighted by Gasteiger charge is -2.22. The molecule has 0 aliphatic carbocycles. The van der Waals surface area contributed by atoms with Gasteiger partial charge in [-0.05, 0) is 99.5 Å². The molecule has 0 N–H and O–H groups in total. The lowest BCUT2D eigenvalue weighted by atomic mass is 10.1. The van der Waals surface area contributed by atoms with Crippen molar-refractivity contribution in [3.05, 3.63) is 119 Å². The van der Waals surface area contributed by atoms with E-state index in [2.05, 4.69) is 0 Å². The van der Waals surface area contributed by atoms with Gasteiger partial charge in [-0.2, -0.15) is 0 Å². The zero-order valence-electron chi connectivity index (χ0n) is 29.0. The SMILES string of the molecule is CCOc1cccc(OCC)c1C=CC(c1ccc(OC)cc1)S(=O)(=O)C(C=Cc1c(OCC)cccc1OCC)c1ccc(OC)cc1. The van der Waals surface area contributed by atoms with Gasteiger partial charge in [0.1, 0.15) is 45.0 Å². The first kappa shape index (κ1) is 36.9. The van der Waals surface area contributed by atoms with Crippen LogP contribution in [-0.4, -0.2) is 49.1 Å². The molecule has 0 radical (unpaired) electrons. The third kappa shape index (κ3) is 9.18. The summed E-state index contributed by atoms with van der Waals surface area (Å²) in [6.07, 6.45) is 6.94.